The Bertz CT molecular complexity index is 582. The fourth-order valence-electron chi connectivity index (χ4n) is 1.52. The van der Waals surface area contributed by atoms with Crippen LogP contribution >= 0.6 is 15.9 Å². The van der Waals surface area contributed by atoms with E-state index in [0.717, 1.165) is 5.56 Å². The maximum Gasteiger partial charge on any atom is 0.366 e. The van der Waals surface area contributed by atoms with Crippen LogP contribution < -0.4 is 0 Å². The van der Waals surface area contributed by atoms with Crippen LogP contribution in [0.2, 0.25) is 0 Å². The SMILES string of the molecule is O=C(ON=CCc1ccccc1)c1ccccc1Br. The molecule has 0 saturated carbocycles. The van der Waals surface area contributed by atoms with Gasteiger partial charge in [-0.1, -0.05) is 47.6 Å². The Morgan fingerprint density at radius 2 is 1.79 bits per heavy atom. The molecule has 4 heteroatoms. The topological polar surface area (TPSA) is 38.7 Å². The van der Waals surface area contributed by atoms with E-state index in [0.29, 0.717) is 16.5 Å². The molecule has 0 fully saturated rings. The lowest BCUT2D eigenvalue weighted by molar-refractivity contribution is 0.0517. The second-order valence-electron chi connectivity index (χ2n) is 3.84. The molecule has 3 nitrogen and oxygen atoms in total. The standard InChI is InChI=1S/C15H12BrNO2/c16-14-9-5-4-8-13(14)15(18)19-17-11-10-12-6-2-1-3-7-12/h1-9,11H,10H2. The lowest BCUT2D eigenvalue weighted by atomic mass is 10.2. The average Bonchev–Trinajstić information content (AvgIpc) is 2.45. The third-order valence-corrected chi connectivity index (χ3v) is 3.17. The Morgan fingerprint density at radius 1 is 1.11 bits per heavy atom. The summed E-state index contributed by atoms with van der Waals surface area (Å²) in [6, 6.07) is 16.9. The predicted octanol–water partition coefficient (Wildman–Crippen LogP) is 3.83. The summed E-state index contributed by atoms with van der Waals surface area (Å²) in [7, 11) is 0. The van der Waals surface area contributed by atoms with Crippen LogP contribution in [0.3, 0.4) is 0 Å². The summed E-state index contributed by atoms with van der Waals surface area (Å²) in [5.74, 6) is -0.475. The molecular weight excluding hydrogens is 306 g/mol. The molecule has 19 heavy (non-hydrogen) atoms. The van der Waals surface area contributed by atoms with Crippen LogP contribution in [0.4, 0.5) is 0 Å². The largest absolute Gasteiger partial charge is 0.366 e. The zero-order chi connectivity index (χ0) is 13.5. The Kier molecular flexibility index (Phi) is 4.86. The number of nitrogens with zero attached hydrogens (tertiary/aromatic N) is 1. The lowest BCUT2D eigenvalue weighted by Crippen LogP contribution is -2.02. The molecule has 2 rings (SSSR count). The normalized spacial score (nSPS) is 10.6. The molecule has 0 aliphatic carbocycles. The third-order valence-electron chi connectivity index (χ3n) is 2.47. The molecule has 0 aromatic heterocycles. The number of carbonyl (C=O) groups excluding carboxylic acids is 1. The molecule has 0 aliphatic rings. The molecule has 2 aromatic rings. The van der Waals surface area contributed by atoms with E-state index in [-0.39, 0.29) is 0 Å². The maximum absolute atomic E-state index is 11.7. The average molecular weight is 318 g/mol. The van der Waals surface area contributed by atoms with E-state index in [1.165, 1.54) is 0 Å². The van der Waals surface area contributed by atoms with Gasteiger partial charge in [-0.05, 0) is 33.6 Å². The van der Waals surface area contributed by atoms with E-state index in [4.69, 9.17) is 4.84 Å². The summed E-state index contributed by atoms with van der Waals surface area (Å²) >= 11 is 3.29. The molecule has 0 N–H and O–H groups in total. The molecule has 96 valence electrons. The van der Waals surface area contributed by atoms with Gasteiger partial charge in [0.15, 0.2) is 0 Å². The lowest BCUT2D eigenvalue weighted by Gasteiger charge is -2.00. The molecule has 0 bridgehead atoms. The molecule has 2 aromatic carbocycles. The zero-order valence-electron chi connectivity index (χ0n) is 10.1. The highest BCUT2D eigenvalue weighted by Gasteiger charge is 2.09. The summed E-state index contributed by atoms with van der Waals surface area (Å²) in [5.41, 5.74) is 1.57. The van der Waals surface area contributed by atoms with Gasteiger partial charge in [-0.15, -0.1) is 0 Å². The van der Waals surface area contributed by atoms with Crippen LogP contribution in [0.1, 0.15) is 15.9 Å². The van der Waals surface area contributed by atoms with Crippen LogP contribution in [0.25, 0.3) is 0 Å². The van der Waals surface area contributed by atoms with Crippen LogP contribution in [-0.4, -0.2) is 12.2 Å². The van der Waals surface area contributed by atoms with E-state index < -0.39 is 5.97 Å². The third kappa shape index (κ3) is 4.03. The van der Waals surface area contributed by atoms with Crippen molar-refractivity contribution in [3.63, 3.8) is 0 Å². The van der Waals surface area contributed by atoms with Crippen LogP contribution in [0.15, 0.2) is 64.2 Å². The zero-order valence-corrected chi connectivity index (χ0v) is 11.7. The van der Waals surface area contributed by atoms with Gasteiger partial charge in [0, 0.05) is 17.1 Å². The highest BCUT2D eigenvalue weighted by molar-refractivity contribution is 9.10. The van der Waals surface area contributed by atoms with Crippen molar-refractivity contribution in [3.05, 3.63) is 70.2 Å². The number of carbonyl (C=O) groups is 1. The van der Waals surface area contributed by atoms with Gasteiger partial charge < -0.3 is 4.84 Å². The quantitative estimate of drug-likeness (QED) is 0.488. The van der Waals surface area contributed by atoms with E-state index in [1.54, 1.807) is 24.4 Å². The fourth-order valence-corrected chi connectivity index (χ4v) is 1.96. The molecule has 0 atom stereocenters. The fraction of sp³-hybridized carbons (Fsp3) is 0.0667. The van der Waals surface area contributed by atoms with Crippen molar-refractivity contribution in [1.82, 2.24) is 0 Å². The number of hydrogen-bond acceptors (Lipinski definition) is 3. The van der Waals surface area contributed by atoms with Gasteiger partial charge in [-0.3, -0.25) is 0 Å². The Balaban J connectivity index is 1.89. The van der Waals surface area contributed by atoms with Gasteiger partial charge in [0.2, 0.25) is 0 Å². The molecule has 0 unspecified atom stereocenters. The molecule has 0 spiro atoms. The Hall–Kier alpha value is -1.94. The smallest absolute Gasteiger partial charge is 0.313 e. The van der Waals surface area contributed by atoms with Gasteiger partial charge in [-0.25, -0.2) is 4.79 Å². The van der Waals surface area contributed by atoms with Crippen molar-refractivity contribution in [2.24, 2.45) is 5.16 Å². The van der Waals surface area contributed by atoms with Crippen LogP contribution in [-0.2, 0) is 11.3 Å². The number of oxime groups is 1. The molecule has 0 saturated heterocycles. The summed E-state index contributed by atoms with van der Waals surface area (Å²) < 4.78 is 0.693. The predicted molar refractivity (Wildman–Crippen MR) is 78.2 cm³/mol. The first-order chi connectivity index (χ1) is 9.27. The van der Waals surface area contributed by atoms with Gasteiger partial charge >= 0.3 is 5.97 Å². The first-order valence-corrected chi connectivity index (χ1v) is 6.58. The van der Waals surface area contributed by atoms with Crippen molar-refractivity contribution >= 4 is 28.1 Å². The van der Waals surface area contributed by atoms with E-state index in [1.807, 2.05) is 36.4 Å². The highest BCUT2D eigenvalue weighted by Crippen LogP contribution is 2.16. The van der Waals surface area contributed by atoms with Gasteiger partial charge in [-0.2, -0.15) is 0 Å². The van der Waals surface area contributed by atoms with Crippen molar-refractivity contribution in [1.29, 1.82) is 0 Å². The summed E-state index contributed by atoms with van der Waals surface area (Å²) in [6.45, 7) is 0. The van der Waals surface area contributed by atoms with Crippen molar-refractivity contribution in [2.45, 2.75) is 6.42 Å². The number of rotatable bonds is 4. The number of halogens is 1. The number of hydrogen-bond donors (Lipinski definition) is 0. The minimum Gasteiger partial charge on any atom is -0.313 e. The summed E-state index contributed by atoms with van der Waals surface area (Å²) in [4.78, 5) is 16.5. The molecular formula is C15H12BrNO2. The van der Waals surface area contributed by atoms with E-state index in [2.05, 4.69) is 21.1 Å². The van der Waals surface area contributed by atoms with Crippen LogP contribution in [0, 0.1) is 0 Å². The molecule has 0 heterocycles. The Morgan fingerprint density at radius 3 is 2.53 bits per heavy atom. The highest BCUT2D eigenvalue weighted by atomic mass is 79.9. The van der Waals surface area contributed by atoms with Gasteiger partial charge in [0.25, 0.3) is 0 Å². The Labute approximate surface area is 120 Å². The first-order valence-electron chi connectivity index (χ1n) is 5.79. The maximum atomic E-state index is 11.7. The van der Waals surface area contributed by atoms with Crippen molar-refractivity contribution in [2.75, 3.05) is 0 Å². The number of benzene rings is 2. The van der Waals surface area contributed by atoms with Gasteiger partial charge in [0.1, 0.15) is 0 Å². The first kappa shape index (κ1) is 13.5. The minimum atomic E-state index is -0.475. The van der Waals surface area contributed by atoms with Crippen molar-refractivity contribution in [3.8, 4) is 0 Å². The second-order valence-corrected chi connectivity index (χ2v) is 4.69. The monoisotopic (exact) mass is 317 g/mol. The minimum absolute atomic E-state index is 0.458. The molecule has 0 radical (unpaired) electrons. The summed E-state index contributed by atoms with van der Waals surface area (Å²) in [6.07, 6.45) is 2.20. The molecule has 0 amide bonds. The van der Waals surface area contributed by atoms with Crippen LogP contribution in [0.5, 0.6) is 0 Å². The van der Waals surface area contributed by atoms with Gasteiger partial charge in [0.05, 0.1) is 5.56 Å². The summed E-state index contributed by atoms with van der Waals surface area (Å²) in [5, 5.41) is 3.69. The van der Waals surface area contributed by atoms with Crippen molar-refractivity contribution < 1.29 is 9.63 Å². The van der Waals surface area contributed by atoms with E-state index >= 15 is 0 Å². The molecule has 0 aliphatic heterocycles. The van der Waals surface area contributed by atoms with E-state index in [9.17, 15) is 4.79 Å². The second kappa shape index (κ2) is 6.85.